The van der Waals surface area contributed by atoms with Gasteiger partial charge in [0.25, 0.3) is 0 Å². The Balaban J connectivity index is 0.00000161. The Kier molecular flexibility index (Phi) is 5.66. The maximum Gasteiger partial charge on any atom is 0.119 e. The predicted molar refractivity (Wildman–Crippen MR) is 89.3 cm³/mol. The second-order valence-electron chi connectivity index (χ2n) is 5.44. The van der Waals surface area contributed by atoms with Crippen LogP contribution in [0.15, 0.2) is 48.5 Å². The first-order valence-electron chi connectivity index (χ1n) is 7.28. The van der Waals surface area contributed by atoms with Crippen LogP contribution in [0.25, 0.3) is 0 Å². The van der Waals surface area contributed by atoms with E-state index in [1.54, 1.807) is 7.11 Å². The molecule has 112 valence electrons. The summed E-state index contributed by atoms with van der Waals surface area (Å²) in [5.74, 6) is 0.972. The minimum absolute atomic E-state index is 0. The highest BCUT2D eigenvalue weighted by molar-refractivity contribution is 5.85. The Hall–Kier alpha value is -1.51. The Morgan fingerprint density at radius 2 is 1.90 bits per heavy atom. The number of benzene rings is 2. The molecule has 0 saturated carbocycles. The normalized spacial score (nSPS) is 16.7. The Bertz CT molecular complexity index is 571. The zero-order chi connectivity index (χ0) is 13.8. The molecule has 1 unspecified atom stereocenters. The summed E-state index contributed by atoms with van der Waals surface area (Å²) < 4.78 is 5.30. The maximum absolute atomic E-state index is 5.30. The van der Waals surface area contributed by atoms with Crippen molar-refractivity contribution >= 4 is 12.4 Å². The van der Waals surface area contributed by atoms with Crippen LogP contribution in [0.5, 0.6) is 5.75 Å². The Labute approximate surface area is 132 Å². The monoisotopic (exact) mass is 303 g/mol. The molecular weight excluding hydrogens is 282 g/mol. The molecule has 2 aromatic rings. The van der Waals surface area contributed by atoms with E-state index in [0.29, 0.717) is 6.04 Å². The second-order valence-corrected chi connectivity index (χ2v) is 5.44. The van der Waals surface area contributed by atoms with Crippen molar-refractivity contribution in [2.24, 2.45) is 0 Å². The summed E-state index contributed by atoms with van der Waals surface area (Å²) in [7, 11) is 1.73. The lowest BCUT2D eigenvalue weighted by atomic mass is 9.88. The van der Waals surface area contributed by atoms with Gasteiger partial charge in [0.05, 0.1) is 7.11 Å². The zero-order valence-electron chi connectivity index (χ0n) is 12.3. The lowest BCUT2D eigenvalue weighted by Gasteiger charge is -2.26. The van der Waals surface area contributed by atoms with Crippen molar-refractivity contribution in [2.75, 3.05) is 7.11 Å². The van der Waals surface area contributed by atoms with E-state index in [1.807, 2.05) is 0 Å². The molecule has 1 N–H and O–H groups in total. The quantitative estimate of drug-likeness (QED) is 0.928. The first-order chi connectivity index (χ1) is 9.85. The Morgan fingerprint density at radius 1 is 1.10 bits per heavy atom. The van der Waals surface area contributed by atoms with Crippen molar-refractivity contribution in [3.63, 3.8) is 0 Å². The van der Waals surface area contributed by atoms with Crippen molar-refractivity contribution in [2.45, 2.75) is 31.8 Å². The van der Waals surface area contributed by atoms with Gasteiger partial charge in [-0.2, -0.15) is 0 Å². The minimum atomic E-state index is 0. The van der Waals surface area contributed by atoms with E-state index in [4.69, 9.17) is 4.74 Å². The molecule has 2 nitrogen and oxygen atoms in total. The van der Waals surface area contributed by atoms with Gasteiger partial charge in [-0.05, 0) is 48.1 Å². The van der Waals surface area contributed by atoms with Crippen LogP contribution >= 0.6 is 12.4 Å². The third kappa shape index (κ3) is 3.99. The van der Waals surface area contributed by atoms with E-state index in [0.717, 1.165) is 25.1 Å². The standard InChI is InChI=1S/C18H21NO.ClH/c1-20-18-10-8-15-11-17(9-7-16(15)12-18)19-13-14-5-3-2-4-6-14;/h2-6,8,10,12,17,19H,7,9,11,13H2,1H3;1H. The van der Waals surface area contributed by atoms with Crippen molar-refractivity contribution in [3.05, 3.63) is 65.2 Å². The number of nitrogens with one attached hydrogen (secondary N) is 1. The van der Waals surface area contributed by atoms with Crippen LogP contribution in [0.2, 0.25) is 0 Å². The molecule has 0 saturated heterocycles. The second kappa shape index (κ2) is 7.48. The van der Waals surface area contributed by atoms with Crippen molar-refractivity contribution in [3.8, 4) is 5.75 Å². The molecule has 21 heavy (non-hydrogen) atoms. The van der Waals surface area contributed by atoms with Crippen LogP contribution < -0.4 is 10.1 Å². The lowest BCUT2D eigenvalue weighted by Crippen LogP contribution is -2.34. The molecule has 0 aliphatic heterocycles. The molecular formula is C18H22ClNO. The van der Waals surface area contributed by atoms with Crippen LogP contribution in [-0.4, -0.2) is 13.2 Å². The number of halogens is 1. The van der Waals surface area contributed by atoms with Gasteiger partial charge >= 0.3 is 0 Å². The lowest BCUT2D eigenvalue weighted by molar-refractivity contribution is 0.411. The molecule has 1 aliphatic rings. The highest BCUT2D eigenvalue weighted by Gasteiger charge is 2.18. The fraction of sp³-hybridized carbons (Fsp3) is 0.333. The molecule has 0 spiro atoms. The van der Waals surface area contributed by atoms with Crippen LogP contribution in [0.4, 0.5) is 0 Å². The summed E-state index contributed by atoms with van der Waals surface area (Å²) in [4.78, 5) is 0. The summed E-state index contributed by atoms with van der Waals surface area (Å²) in [5, 5.41) is 3.68. The first-order valence-corrected chi connectivity index (χ1v) is 7.28. The first kappa shape index (κ1) is 15.9. The van der Waals surface area contributed by atoms with Crippen molar-refractivity contribution in [1.29, 1.82) is 0 Å². The highest BCUT2D eigenvalue weighted by Crippen LogP contribution is 2.25. The minimum Gasteiger partial charge on any atom is -0.497 e. The molecule has 2 aromatic carbocycles. The number of fused-ring (bicyclic) bond motifs is 1. The van der Waals surface area contributed by atoms with Gasteiger partial charge in [0.1, 0.15) is 5.75 Å². The topological polar surface area (TPSA) is 21.3 Å². The Morgan fingerprint density at radius 3 is 2.67 bits per heavy atom. The summed E-state index contributed by atoms with van der Waals surface area (Å²) >= 11 is 0. The van der Waals surface area contributed by atoms with Gasteiger partial charge in [-0.25, -0.2) is 0 Å². The number of rotatable bonds is 4. The van der Waals surface area contributed by atoms with Crippen molar-refractivity contribution < 1.29 is 4.74 Å². The van der Waals surface area contributed by atoms with Gasteiger partial charge in [-0.3, -0.25) is 0 Å². The third-order valence-corrected chi connectivity index (χ3v) is 4.08. The van der Waals surface area contributed by atoms with E-state index in [2.05, 4.69) is 53.8 Å². The smallest absolute Gasteiger partial charge is 0.119 e. The molecule has 0 amide bonds. The molecule has 1 atom stereocenters. The van der Waals surface area contributed by atoms with Gasteiger partial charge < -0.3 is 10.1 Å². The molecule has 0 fully saturated rings. The van der Waals surface area contributed by atoms with Gasteiger partial charge in [-0.1, -0.05) is 36.4 Å². The predicted octanol–water partition coefficient (Wildman–Crippen LogP) is 3.76. The molecule has 0 aromatic heterocycles. The summed E-state index contributed by atoms with van der Waals surface area (Å²) in [6.45, 7) is 0.955. The van der Waals surface area contributed by atoms with Crippen LogP contribution in [0, 0.1) is 0 Å². The van der Waals surface area contributed by atoms with E-state index in [9.17, 15) is 0 Å². The molecule has 1 aliphatic carbocycles. The van der Waals surface area contributed by atoms with Gasteiger partial charge in [0.2, 0.25) is 0 Å². The largest absolute Gasteiger partial charge is 0.497 e. The van der Waals surface area contributed by atoms with Crippen molar-refractivity contribution in [1.82, 2.24) is 5.32 Å². The molecule has 0 heterocycles. The fourth-order valence-corrected chi connectivity index (χ4v) is 2.89. The van der Waals surface area contributed by atoms with Gasteiger partial charge in [-0.15, -0.1) is 12.4 Å². The van der Waals surface area contributed by atoms with Crippen LogP contribution in [0.3, 0.4) is 0 Å². The molecule has 0 radical (unpaired) electrons. The number of hydrogen-bond donors (Lipinski definition) is 1. The SMILES string of the molecule is COc1ccc2c(c1)CCC(NCc1ccccc1)C2.Cl. The summed E-state index contributed by atoms with van der Waals surface area (Å²) in [6, 6.07) is 17.7. The van der Waals surface area contributed by atoms with E-state index < -0.39 is 0 Å². The summed E-state index contributed by atoms with van der Waals surface area (Å²) in [6.07, 6.45) is 3.46. The zero-order valence-corrected chi connectivity index (χ0v) is 13.2. The maximum atomic E-state index is 5.30. The fourth-order valence-electron chi connectivity index (χ4n) is 2.89. The molecule has 3 heteroatoms. The van der Waals surface area contributed by atoms with Gasteiger partial charge in [0.15, 0.2) is 0 Å². The van der Waals surface area contributed by atoms with E-state index in [1.165, 1.54) is 23.1 Å². The van der Waals surface area contributed by atoms with Crippen LogP contribution in [0.1, 0.15) is 23.1 Å². The average molecular weight is 304 g/mol. The number of hydrogen-bond acceptors (Lipinski definition) is 2. The third-order valence-electron chi connectivity index (χ3n) is 4.08. The van der Waals surface area contributed by atoms with E-state index in [-0.39, 0.29) is 12.4 Å². The molecule has 3 rings (SSSR count). The number of methoxy groups -OCH3 is 1. The van der Waals surface area contributed by atoms with Gasteiger partial charge in [0, 0.05) is 12.6 Å². The number of ether oxygens (including phenoxy) is 1. The van der Waals surface area contributed by atoms with E-state index >= 15 is 0 Å². The average Bonchev–Trinajstić information content (AvgIpc) is 2.53. The highest BCUT2D eigenvalue weighted by atomic mass is 35.5. The van der Waals surface area contributed by atoms with Crippen LogP contribution in [-0.2, 0) is 19.4 Å². The molecule has 0 bridgehead atoms. The number of aryl methyl sites for hydroxylation is 1. The summed E-state index contributed by atoms with van der Waals surface area (Å²) in [5.41, 5.74) is 4.26.